The predicted octanol–water partition coefficient (Wildman–Crippen LogP) is 3.99. The molecule has 0 atom stereocenters. The van der Waals surface area contributed by atoms with Gasteiger partial charge in [0, 0.05) is 6.54 Å². The van der Waals surface area contributed by atoms with E-state index in [0.29, 0.717) is 18.2 Å². The number of nitrogens with zero attached hydrogens (tertiary/aromatic N) is 1. The molecule has 1 saturated carbocycles. The maximum Gasteiger partial charge on any atom is 0.310 e. The molecule has 2 N–H and O–H groups in total. The summed E-state index contributed by atoms with van der Waals surface area (Å²) >= 11 is 5.87. The molecular weight excluding hydrogens is 292 g/mol. The Labute approximate surface area is 129 Å². The van der Waals surface area contributed by atoms with E-state index in [4.69, 9.17) is 11.6 Å². The average molecular weight is 313 g/mol. The SMILES string of the molecule is CCC1CCC(O)(CNc2cccc(Cl)c2[N+](=O)[O-])CC1. The molecule has 0 aliphatic heterocycles. The lowest BCUT2D eigenvalue weighted by molar-refractivity contribution is -0.383. The molecule has 0 saturated heterocycles. The van der Waals surface area contributed by atoms with E-state index >= 15 is 0 Å². The molecule has 0 aromatic heterocycles. The van der Waals surface area contributed by atoms with Gasteiger partial charge in [0.25, 0.3) is 0 Å². The van der Waals surface area contributed by atoms with Crippen LogP contribution < -0.4 is 5.32 Å². The number of aliphatic hydroxyl groups is 1. The summed E-state index contributed by atoms with van der Waals surface area (Å²) in [7, 11) is 0. The van der Waals surface area contributed by atoms with Gasteiger partial charge in [-0.2, -0.15) is 0 Å². The molecule has 5 nitrogen and oxygen atoms in total. The Morgan fingerprint density at radius 1 is 1.48 bits per heavy atom. The highest BCUT2D eigenvalue weighted by Crippen LogP contribution is 2.36. The van der Waals surface area contributed by atoms with Crippen LogP contribution in [-0.4, -0.2) is 22.2 Å². The molecule has 0 unspecified atom stereocenters. The first-order valence-electron chi connectivity index (χ1n) is 7.34. The van der Waals surface area contributed by atoms with E-state index in [1.165, 1.54) is 6.07 Å². The number of anilines is 1. The van der Waals surface area contributed by atoms with Gasteiger partial charge in [-0.05, 0) is 43.7 Å². The van der Waals surface area contributed by atoms with Crippen molar-refractivity contribution in [2.75, 3.05) is 11.9 Å². The minimum atomic E-state index is -0.790. The highest BCUT2D eigenvalue weighted by Gasteiger charge is 2.33. The van der Waals surface area contributed by atoms with Gasteiger partial charge < -0.3 is 10.4 Å². The van der Waals surface area contributed by atoms with Crippen molar-refractivity contribution in [3.05, 3.63) is 33.3 Å². The number of nitro benzene ring substituents is 1. The summed E-state index contributed by atoms with van der Waals surface area (Å²) in [6.07, 6.45) is 4.61. The number of rotatable bonds is 5. The first-order valence-corrected chi connectivity index (χ1v) is 7.72. The Morgan fingerprint density at radius 3 is 2.71 bits per heavy atom. The summed E-state index contributed by atoms with van der Waals surface area (Å²) in [5.41, 5.74) is -0.564. The molecule has 2 rings (SSSR count). The van der Waals surface area contributed by atoms with Crippen LogP contribution in [0.1, 0.15) is 39.0 Å². The van der Waals surface area contributed by atoms with Crippen molar-refractivity contribution in [3.63, 3.8) is 0 Å². The van der Waals surface area contributed by atoms with Gasteiger partial charge >= 0.3 is 5.69 Å². The molecular formula is C15H21ClN2O3. The van der Waals surface area contributed by atoms with Gasteiger partial charge in [0.05, 0.1) is 10.5 Å². The second-order valence-electron chi connectivity index (χ2n) is 5.82. The number of halogens is 1. The molecule has 1 fully saturated rings. The lowest BCUT2D eigenvalue weighted by Crippen LogP contribution is -2.40. The lowest BCUT2D eigenvalue weighted by atomic mass is 9.78. The molecule has 1 aliphatic rings. The number of nitro groups is 1. The summed E-state index contributed by atoms with van der Waals surface area (Å²) in [6, 6.07) is 4.77. The standard InChI is InChI=1S/C15H21ClN2O3/c1-2-11-6-8-15(19,9-7-11)10-17-13-5-3-4-12(16)14(13)18(20)21/h3-5,11,17,19H,2,6-10H2,1H3. The van der Waals surface area contributed by atoms with Crippen molar-refractivity contribution in [2.24, 2.45) is 5.92 Å². The molecule has 0 amide bonds. The fourth-order valence-electron chi connectivity index (χ4n) is 2.90. The molecule has 1 aliphatic carbocycles. The van der Waals surface area contributed by atoms with Crippen molar-refractivity contribution in [2.45, 2.75) is 44.6 Å². The van der Waals surface area contributed by atoms with Crippen molar-refractivity contribution in [1.82, 2.24) is 0 Å². The van der Waals surface area contributed by atoms with Gasteiger partial charge in [-0.1, -0.05) is 31.0 Å². The highest BCUT2D eigenvalue weighted by atomic mass is 35.5. The van der Waals surface area contributed by atoms with Crippen LogP contribution in [0.2, 0.25) is 5.02 Å². The zero-order chi connectivity index (χ0) is 15.5. The van der Waals surface area contributed by atoms with Crippen LogP contribution in [0, 0.1) is 16.0 Å². The smallest absolute Gasteiger partial charge is 0.310 e. The predicted molar refractivity (Wildman–Crippen MR) is 83.8 cm³/mol. The topological polar surface area (TPSA) is 75.4 Å². The number of hydrogen-bond donors (Lipinski definition) is 2. The normalized spacial score (nSPS) is 25.6. The highest BCUT2D eigenvalue weighted by molar-refractivity contribution is 6.33. The van der Waals surface area contributed by atoms with E-state index in [-0.39, 0.29) is 10.7 Å². The summed E-state index contributed by atoms with van der Waals surface area (Å²) in [6.45, 7) is 2.48. The van der Waals surface area contributed by atoms with E-state index in [9.17, 15) is 15.2 Å². The zero-order valence-corrected chi connectivity index (χ0v) is 12.9. The number of para-hydroxylation sites is 1. The first kappa shape index (κ1) is 16.0. The fourth-order valence-corrected chi connectivity index (χ4v) is 3.15. The Hall–Kier alpha value is -1.33. The molecule has 0 heterocycles. The Bertz CT molecular complexity index is 514. The molecule has 0 spiro atoms. The minimum absolute atomic E-state index is 0.103. The zero-order valence-electron chi connectivity index (χ0n) is 12.1. The van der Waals surface area contributed by atoms with Crippen LogP contribution >= 0.6 is 11.6 Å². The minimum Gasteiger partial charge on any atom is -0.388 e. The average Bonchev–Trinajstić information content (AvgIpc) is 2.46. The van der Waals surface area contributed by atoms with Gasteiger partial charge in [0.2, 0.25) is 0 Å². The maximum absolute atomic E-state index is 11.1. The quantitative estimate of drug-likeness (QED) is 0.636. The number of nitrogens with one attached hydrogen (secondary N) is 1. The van der Waals surface area contributed by atoms with Gasteiger partial charge in [-0.25, -0.2) is 0 Å². The third kappa shape index (κ3) is 3.86. The molecule has 21 heavy (non-hydrogen) atoms. The summed E-state index contributed by atoms with van der Waals surface area (Å²) in [5.74, 6) is 0.686. The first-order chi connectivity index (χ1) is 9.95. The Kier molecular flexibility index (Phi) is 5.06. The van der Waals surface area contributed by atoms with E-state index in [1.54, 1.807) is 12.1 Å². The third-order valence-corrected chi connectivity index (χ3v) is 4.70. The number of hydrogen-bond acceptors (Lipinski definition) is 4. The molecule has 0 radical (unpaired) electrons. The second-order valence-corrected chi connectivity index (χ2v) is 6.23. The summed E-state index contributed by atoms with van der Waals surface area (Å²) < 4.78 is 0. The number of benzene rings is 1. The van der Waals surface area contributed by atoms with E-state index in [2.05, 4.69) is 12.2 Å². The van der Waals surface area contributed by atoms with E-state index < -0.39 is 10.5 Å². The van der Waals surface area contributed by atoms with Crippen LogP contribution in [0.3, 0.4) is 0 Å². The van der Waals surface area contributed by atoms with Crippen LogP contribution in [0.15, 0.2) is 18.2 Å². The van der Waals surface area contributed by atoms with Crippen LogP contribution in [0.4, 0.5) is 11.4 Å². The van der Waals surface area contributed by atoms with Gasteiger partial charge in [-0.3, -0.25) is 10.1 Å². The molecule has 1 aromatic rings. The maximum atomic E-state index is 11.1. The van der Waals surface area contributed by atoms with Gasteiger partial charge in [0.15, 0.2) is 0 Å². The van der Waals surface area contributed by atoms with E-state index in [0.717, 1.165) is 32.1 Å². The van der Waals surface area contributed by atoms with Crippen molar-refractivity contribution in [1.29, 1.82) is 0 Å². The third-order valence-electron chi connectivity index (χ3n) is 4.39. The van der Waals surface area contributed by atoms with Crippen LogP contribution in [-0.2, 0) is 0 Å². The van der Waals surface area contributed by atoms with Crippen LogP contribution in [0.5, 0.6) is 0 Å². The Balaban J connectivity index is 2.04. The second kappa shape index (κ2) is 6.62. The summed E-state index contributed by atoms with van der Waals surface area (Å²) in [4.78, 5) is 10.6. The van der Waals surface area contributed by atoms with Gasteiger partial charge in [0.1, 0.15) is 10.7 Å². The molecule has 6 heteroatoms. The summed E-state index contributed by atoms with van der Waals surface area (Å²) in [5, 5.41) is 24.8. The molecule has 1 aromatic carbocycles. The van der Waals surface area contributed by atoms with Crippen LogP contribution in [0.25, 0.3) is 0 Å². The monoisotopic (exact) mass is 312 g/mol. The van der Waals surface area contributed by atoms with Crippen molar-refractivity contribution < 1.29 is 10.0 Å². The van der Waals surface area contributed by atoms with Crippen molar-refractivity contribution >= 4 is 23.0 Å². The lowest BCUT2D eigenvalue weighted by Gasteiger charge is -2.36. The van der Waals surface area contributed by atoms with Gasteiger partial charge in [-0.15, -0.1) is 0 Å². The fraction of sp³-hybridized carbons (Fsp3) is 0.600. The molecule has 116 valence electrons. The Morgan fingerprint density at radius 2 is 2.14 bits per heavy atom. The van der Waals surface area contributed by atoms with Crippen molar-refractivity contribution in [3.8, 4) is 0 Å². The molecule has 0 bridgehead atoms. The van der Waals surface area contributed by atoms with E-state index in [1.807, 2.05) is 0 Å². The largest absolute Gasteiger partial charge is 0.388 e.